The molecular formula is C26H47N5O10. The Morgan fingerprint density at radius 3 is 2.44 bits per heavy atom. The zero-order valence-electron chi connectivity index (χ0n) is 23.6. The van der Waals surface area contributed by atoms with Crippen molar-refractivity contribution in [3.8, 4) is 0 Å². The second-order valence-corrected chi connectivity index (χ2v) is 12.0. The van der Waals surface area contributed by atoms with Crippen LogP contribution in [0.5, 0.6) is 0 Å². The molecule has 0 radical (unpaired) electrons. The van der Waals surface area contributed by atoms with Gasteiger partial charge in [-0.3, -0.25) is 4.79 Å². The maximum atomic E-state index is 13.0. The van der Waals surface area contributed by atoms with Crippen molar-refractivity contribution in [2.45, 2.75) is 105 Å². The third kappa shape index (κ3) is 7.09. The summed E-state index contributed by atoms with van der Waals surface area (Å²) in [7, 11) is 1.58. The molecule has 236 valence electrons. The minimum Gasteiger partial charge on any atom is -0.467 e. The van der Waals surface area contributed by atoms with Crippen LogP contribution in [-0.2, 0) is 23.7 Å². The van der Waals surface area contributed by atoms with Gasteiger partial charge in [0.05, 0.1) is 37.9 Å². The summed E-state index contributed by atoms with van der Waals surface area (Å²) in [6.45, 7) is 2.05. The Kier molecular flexibility index (Phi) is 10.4. The number of hydrogen-bond acceptors (Lipinski definition) is 15. The van der Waals surface area contributed by atoms with Gasteiger partial charge in [-0.2, -0.15) is 0 Å². The van der Waals surface area contributed by atoms with Crippen LogP contribution in [0.2, 0.25) is 0 Å². The van der Waals surface area contributed by atoms with Gasteiger partial charge in [0.1, 0.15) is 35.3 Å². The molecule has 2 aliphatic carbocycles. The molecule has 15 nitrogen and oxygen atoms in total. The number of rotatable bonds is 12. The molecule has 1 saturated heterocycles. The Morgan fingerprint density at radius 1 is 1.12 bits per heavy atom. The van der Waals surface area contributed by atoms with E-state index < -0.39 is 84.1 Å². The number of aliphatic hydroxyl groups is 5. The molecule has 41 heavy (non-hydrogen) atoms. The van der Waals surface area contributed by atoms with Crippen LogP contribution in [0, 0.1) is 5.92 Å². The SMILES string of the molecule is CN[C@@H]1[C@@H](O)[C@@H](O[C@H]2[C@H](CC(=O)C3(O)CC3N)C[C@H](N)C(O[C@H]3OC(CNCCO)=CC[C@H]3N)[C@@H]2O)OC[C@]1(C)O. The van der Waals surface area contributed by atoms with E-state index >= 15 is 0 Å². The summed E-state index contributed by atoms with van der Waals surface area (Å²) in [5.74, 6) is -0.584. The normalized spacial score (nSPS) is 46.5. The lowest BCUT2D eigenvalue weighted by atomic mass is 9.76. The third-order valence-corrected chi connectivity index (χ3v) is 8.60. The van der Waals surface area contributed by atoms with Crippen LogP contribution in [0.25, 0.3) is 0 Å². The summed E-state index contributed by atoms with van der Waals surface area (Å²) in [4.78, 5) is 13.0. The minimum absolute atomic E-state index is 0.0315. The van der Waals surface area contributed by atoms with Crippen molar-refractivity contribution in [1.29, 1.82) is 0 Å². The maximum absolute atomic E-state index is 13.0. The van der Waals surface area contributed by atoms with Crippen LogP contribution < -0.4 is 27.8 Å². The van der Waals surface area contributed by atoms with Crippen LogP contribution in [0.1, 0.15) is 32.6 Å². The van der Waals surface area contributed by atoms with Gasteiger partial charge in [0.2, 0.25) is 6.29 Å². The Hall–Kier alpha value is -1.31. The molecule has 0 bridgehead atoms. The highest BCUT2D eigenvalue weighted by Crippen LogP contribution is 2.41. The standard InChI is InChI=1S/C26H47N5O10/c1-25(36)11-38-24(19(35)22(25)30-2)40-20-12(8-17(33)26(37)9-16(26)29)7-15(28)21(18(20)34)41-23-14(27)4-3-13(39-23)10-31-5-6-32/h3,12,14-16,18-24,30-32,34-37H,4-11,27-29H2,1-2H3/t12-,14+,15-,16?,18+,19+,20-,21?,22+,23+,24+,25-,26?/m0/s1. The van der Waals surface area contributed by atoms with Crippen molar-refractivity contribution in [1.82, 2.24) is 10.6 Å². The number of hydrogen-bond donors (Lipinski definition) is 10. The zero-order chi connectivity index (χ0) is 30.1. The number of nitrogens with two attached hydrogens (primary N) is 3. The van der Waals surface area contributed by atoms with Crippen molar-refractivity contribution in [3.63, 3.8) is 0 Å². The summed E-state index contributed by atoms with van der Waals surface area (Å²) in [5.41, 5.74) is 15.5. The molecule has 0 aromatic rings. The molecule has 3 unspecified atom stereocenters. The molecule has 4 rings (SSSR count). The van der Waals surface area contributed by atoms with E-state index in [1.165, 1.54) is 6.92 Å². The van der Waals surface area contributed by atoms with E-state index in [0.717, 1.165) is 0 Å². The lowest BCUT2D eigenvalue weighted by Gasteiger charge is -2.48. The fourth-order valence-corrected chi connectivity index (χ4v) is 5.99. The van der Waals surface area contributed by atoms with Crippen LogP contribution in [0.15, 0.2) is 11.8 Å². The Bertz CT molecular complexity index is 942. The third-order valence-electron chi connectivity index (χ3n) is 8.60. The number of aliphatic hydroxyl groups excluding tert-OH is 3. The highest BCUT2D eigenvalue weighted by molar-refractivity contribution is 5.91. The maximum Gasteiger partial charge on any atom is 0.215 e. The van der Waals surface area contributed by atoms with Gasteiger partial charge in [-0.05, 0) is 38.8 Å². The van der Waals surface area contributed by atoms with Crippen LogP contribution in [-0.4, -0.2) is 137 Å². The molecule has 2 aliphatic heterocycles. The summed E-state index contributed by atoms with van der Waals surface area (Å²) >= 11 is 0. The fraction of sp³-hybridized carbons (Fsp3) is 0.885. The monoisotopic (exact) mass is 589 g/mol. The van der Waals surface area contributed by atoms with Crippen LogP contribution >= 0.6 is 0 Å². The zero-order valence-corrected chi connectivity index (χ0v) is 23.6. The van der Waals surface area contributed by atoms with Gasteiger partial charge < -0.3 is 72.3 Å². The first-order valence-corrected chi connectivity index (χ1v) is 14.2. The Balaban J connectivity index is 1.51. The lowest BCUT2D eigenvalue weighted by molar-refractivity contribution is -0.308. The van der Waals surface area contributed by atoms with Gasteiger partial charge in [-0.15, -0.1) is 0 Å². The van der Waals surface area contributed by atoms with E-state index in [4.69, 9.17) is 41.3 Å². The second-order valence-electron chi connectivity index (χ2n) is 12.0. The number of ether oxygens (including phenoxy) is 4. The molecule has 13 atom stereocenters. The van der Waals surface area contributed by atoms with Crippen molar-refractivity contribution < 1.29 is 49.3 Å². The quantitative estimate of drug-likeness (QED) is 0.0962. The van der Waals surface area contributed by atoms with Crippen molar-refractivity contribution in [2.75, 3.05) is 33.4 Å². The molecule has 3 fully saturated rings. The first-order chi connectivity index (χ1) is 19.3. The van der Waals surface area contributed by atoms with Gasteiger partial charge in [-0.25, -0.2) is 0 Å². The lowest BCUT2D eigenvalue weighted by Crippen LogP contribution is -2.67. The van der Waals surface area contributed by atoms with Crippen molar-refractivity contribution in [2.24, 2.45) is 23.1 Å². The molecule has 4 aliphatic rings. The van der Waals surface area contributed by atoms with Crippen LogP contribution in [0.3, 0.4) is 0 Å². The van der Waals surface area contributed by atoms with E-state index in [9.17, 15) is 25.2 Å². The summed E-state index contributed by atoms with van der Waals surface area (Å²) in [5, 5.41) is 58.6. The van der Waals surface area contributed by atoms with Crippen molar-refractivity contribution in [3.05, 3.63) is 11.8 Å². The van der Waals surface area contributed by atoms with Gasteiger partial charge in [0, 0.05) is 31.5 Å². The average molecular weight is 590 g/mol. The number of nitrogens with one attached hydrogen (secondary N) is 2. The van der Waals surface area contributed by atoms with E-state index in [1.54, 1.807) is 7.05 Å². The molecule has 0 spiro atoms. The number of ketones is 1. The minimum atomic E-state index is -1.63. The van der Waals surface area contributed by atoms with E-state index in [0.29, 0.717) is 25.3 Å². The predicted octanol–water partition coefficient (Wildman–Crippen LogP) is -4.52. The molecule has 13 N–H and O–H groups in total. The Labute approximate surface area is 239 Å². The largest absolute Gasteiger partial charge is 0.467 e. The predicted molar refractivity (Wildman–Crippen MR) is 144 cm³/mol. The molecule has 15 heteroatoms. The molecule has 2 saturated carbocycles. The average Bonchev–Trinajstić information content (AvgIpc) is 3.54. The van der Waals surface area contributed by atoms with Crippen LogP contribution in [0.4, 0.5) is 0 Å². The van der Waals surface area contributed by atoms with Gasteiger partial charge in [-0.1, -0.05) is 0 Å². The summed E-state index contributed by atoms with van der Waals surface area (Å²) < 4.78 is 23.9. The van der Waals surface area contributed by atoms with Gasteiger partial charge in [0.25, 0.3) is 0 Å². The summed E-state index contributed by atoms with van der Waals surface area (Å²) in [6, 6.07) is -2.78. The molecule has 2 heterocycles. The topological polar surface area (TPSA) is 257 Å². The number of likely N-dealkylation sites (N-methyl/N-ethyl adjacent to an activating group) is 1. The molecular weight excluding hydrogens is 542 g/mol. The molecule has 0 aromatic carbocycles. The molecule has 0 amide bonds. The fourth-order valence-electron chi connectivity index (χ4n) is 5.99. The first kappa shape index (κ1) is 32.6. The first-order valence-electron chi connectivity index (χ1n) is 14.2. The second kappa shape index (κ2) is 13.1. The highest BCUT2D eigenvalue weighted by atomic mass is 16.7. The Morgan fingerprint density at radius 2 is 1.80 bits per heavy atom. The number of carbonyl (C=O) groups is 1. The van der Waals surface area contributed by atoms with Crippen molar-refractivity contribution >= 4 is 5.78 Å². The molecule has 0 aromatic heterocycles. The van der Waals surface area contributed by atoms with E-state index in [2.05, 4.69) is 10.6 Å². The smallest absolute Gasteiger partial charge is 0.215 e. The number of Topliss-reactive ketones (excluding diaryl/α,β-unsaturated/α-hetero) is 1. The van der Waals surface area contributed by atoms with Gasteiger partial charge >= 0.3 is 0 Å². The van der Waals surface area contributed by atoms with E-state index in [1.807, 2.05) is 6.08 Å². The number of carbonyl (C=O) groups excluding carboxylic acids is 1. The summed E-state index contributed by atoms with van der Waals surface area (Å²) in [6.07, 6.45) is -4.65. The van der Waals surface area contributed by atoms with E-state index in [-0.39, 0.29) is 32.5 Å². The van der Waals surface area contributed by atoms with Gasteiger partial charge in [0.15, 0.2) is 12.1 Å². The highest BCUT2D eigenvalue weighted by Gasteiger charge is 2.58.